The van der Waals surface area contributed by atoms with Crippen molar-refractivity contribution in [3.63, 3.8) is 0 Å². The third-order valence-electron chi connectivity index (χ3n) is 5.38. The molecule has 0 saturated heterocycles. The maximum Gasteiger partial charge on any atom is 0.337 e. The van der Waals surface area contributed by atoms with E-state index >= 15 is 0 Å². The molecule has 2 aromatic rings. The summed E-state index contributed by atoms with van der Waals surface area (Å²) in [5.41, 5.74) is 4.66. The first-order valence-electron chi connectivity index (χ1n) is 11.9. The summed E-state index contributed by atoms with van der Waals surface area (Å²) < 4.78 is 22.7. The van der Waals surface area contributed by atoms with Crippen LogP contribution in [0.1, 0.15) is 31.0 Å². The number of ether oxygens (including phenoxy) is 4. The van der Waals surface area contributed by atoms with Crippen LogP contribution in [0.4, 0.5) is 4.79 Å². The molecule has 11 nitrogen and oxygen atoms in total. The van der Waals surface area contributed by atoms with Crippen LogP contribution in [0.25, 0.3) is 0 Å². The minimum Gasteiger partial charge on any atom is -0.490 e. The number of nitrogens with one attached hydrogen (secondary N) is 3. The molecule has 206 valence electrons. The number of rotatable bonds is 12. The van der Waals surface area contributed by atoms with Crippen LogP contribution in [0, 0.1) is 15.9 Å². The molecule has 0 spiro atoms. The van der Waals surface area contributed by atoms with Gasteiger partial charge >= 0.3 is 12.0 Å². The van der Waals surface area contributed by atoms with Gasteiger partial charge in [0.2, 0.25) is 0 Å². The number of hydrogen-bond donors (Lipinski definition) is 4. The lowest BCUT2D eigenvalue weighted by molar-refractivity contribution is -0.136. The van der Waals surface area contributed by atoms with E-state index in [1.54, 1.807) is 37.4 Å². The number of halogens is 1. The van der Waals surface area contributed by atoms with E-state index in [0.717, 1.165) is 9.13 Å². The Hall–Kier alpha value is -3.96. The summed E-state index contributed by atoms with van der Waals surface area (Å²) in [5.74, 6) is 3.27. The summed E-state index contributed by atoms with van der Waals surface area (Å²) in [6, 6.07) is 9.28. The number of allylic oxidation sites excluding steroid dienone is 1. The zero-order valence-corrected chi connectivity index (χ0v) is 23.8. The van der Waals surface area contributed by atoms with Crippen molar-refractivity contribution in [3.05, 3.63) is 62.4 Å². The number of aliphatic hydroxyl groups is 1. The first-order chi connectivity index (χ1) is 18.8. The normalized spacial score (nSPS) is 15.6. The van der Waals surface area contributed by atoms with Crippen molar-refractivity contribution in [3.8, 4) is 29.6 Å². The number of benzene rings is 2. The number of carbonyl (C=O) groups is 2. The highest BCUT2D eigenvalue weighted by atomic mass is 127. The van der Waals surface area contributed by atoms with Gasteiger partial charge in [0.25, 0.3) is 0 Å². The Morgan fingerprint density at radius 3 is 2.69 bits per heavy atom. The van der Waals surface area contributed by atoms with E-state index in [0.29, 0.717) is 35.1 Å². The number of terminal acetylenes is 1. The van der Waals surface area contributed by atoms with Gasteiger partial charge in [-0.2, -0.15) is 5.10 Å². The molecule has 0 saturated carbocycles. The number of methoxy groups -OCH3 is 1. The Labute approximate surface area is 240 Å². The summed E-state index contributed by atoms with van der Waals surface area (Å²) in [5, 5.41) is 19.7. The predicted octanol–water partition coefficient (Wildman–Crippen LogP) is 2.82. The van der Waals surface area contributed by atoms with Gasteiger partial charge in [-0.3, -0.25) is 5.43 Å². The summed E-state index contributed by atoms with van der Waals surface area (Å²) in [6.45, 7) is 3.83. The third kappa shape index (κ3) is 8.01. The zero-order valence-electron chi connectivity index (χ0n) is 21.6. The van der Waals surface area contributed by atoms with Crippen LogP contribution in [0.2, 0.25) is 0 Å². The van der Waals surface area contributed by atoms with Crippen molar-refractivity contribution in [1.29, 1.82) is 0 Å². The number of hydrogen-bond acceptors (Lipinski definition) is 9. The zero-order chi connectivity index (χ0) is 28.4. The first-order valence-corrected chi connectivity index (χ1v) is 12.9. The molecule has 0 radical (unpaired) electrons. The van der Waals surface area contributed by atoms with E-state index in [9.17, 15) is 14.7 Å². The number of esters is 1. The van der Waals surface area contributed by atoms with Gasteiger partial charge < -0.3 is 34.7 Å². The molecular formula is C27H29IN4O7. The molecule has 2 amide bonds. The van der Waals surface area contributed by atoms with Crippen LogP contribution in [-0.4, -0.2) is 56.5 Å². The fourth-order valence-corrected chi connectivity index (χ4v) is 4.35. The van der Waals surface area contributed by atoms with Crippen LogP contribution in [0.15, 0.2) is 52.8 Å². The number of urea groups is 1. The van der Waals surface area contributed by atoms with Crippen molar-refractivity contribution in [2.24, 2.45) is 5.10 Å². The number of aliphatic hydroxyl groups excluding tert-OH is 1. The first kappa shape index (κ1) is 29.6. The standard InChI is InChI=1S/C27H29IN4O7/c1-5-11-38-20-9-7-17(12-19(20)28)14-29-32-23(33)15-39-21-10-8-18(13-22(21)37-6-2)25-24(26(34)36-4)16(3)30-27(35)31-25/h1,7-10,12-14,23,25,32-33H,6,11,15H2,2-4H3,(H2,30,31,35)/b29-14-/t23-,25-/m0/s1. The SMILES string of the molecule is C#CCOc1ccc(/C=N\N[C@@H](O)COc2ccc([C@@H]3NC(=O)NC(C)=C3C(=O)OC)cc2OCC)cc1I. The van der Waals surface area contributed by atoms with Crippen molar-refractivity contribution in [2.45, 2.75) is 26.1 Å². The van der Waals surface area contributed by atoms with E-state index in [1.165, 1.54) is 7.11 Å². The lowest BCUT2D eigenvalue weighted by Crippen LogP contribution is -2.45. The van der Waals surface area contributed by atoms with Gasteiger partial charge in [-0.1, -0.05) is 12.0 Å². The van der Waals surface area contributed by atoms with Crippen LogP contribution < -0.4 is 30.3 Å². The summed E-state index contributed by atoms with van der Waals surface area (Å²) >= 11 is 2.14. The molecule has 0 unspecified atom stereocenters. The average molecular weight is 648 g/mol. The highest BCUT2D eigenvalue weighted by molar-refractivity contribution is 14.1. The van der Waals surface area contributed by atoms with Gasteiger partial charge in [-0.05, 0) is 77.9 Å². The minimum atomic E-state index is -1.12. The molecule has 39 heavy (non-hydrogen) atoms. The van der Waals surface area contributed by atoms with Crippen LogP contribution in [-0.2, 0) is 9.53 Å². The van der Waals surface area contributed by atoms with E-state index in [-0.39, 0.29) is 18.8 Å². The van der Waals surface area contributed by atoms with Gasteiger partial charge in [-0.15, -0.1) is 6.42 Å². The average Bonchev–Trinajstić information content (AvgIpc) is 2.91. The van der Waals surface area contributed by atoms with Crippen LogP contribution >= 0.6 is 22.6 Å². The van der Waals surface area contributed by atoms with Crippen molar-refractivity contribution in [1.82, 2.24) is 16.1 Å². The molecule has 0 aliphatic carbocycles. The van der Waals surface area contributed by atoms with E-state index in [1.807, 2.05) is 19.1 Å². The van der Waals surface area contributed by atoms with Gasteiger partial charge in [-0.25, -0.2) is 9.59 Å². The lowest BCUT2D eigenvalue weighted by Gasteiger charge is -2.28. The number of carbonyl (C=O) groups excluding carboxylic acids is 2. The number of nitrogens with zero attached hydrogens (tertiary/aromatic N) is 1. The molecule has 3 rings (SSSR count). The Morgan fingerprint density at radius 1 is 1.23 bits per heavy atom. The molecule has 1 aliphatic rings. The van der Waals surface area contributed by atoms with Crippen LogP contribution in [0.5, 0.6) is 17.2 Å². The largest absolute Gasteiger partial charge is 0.490 e. The summed E-state index contributed by atoms with van der Waals surface area (Å²) in [7, 11) is 1.27. The maximum absolute atomic E-state index is 12.4. The molecule has 2 aromatic carbocycles. The minimum absolute atomic E-state index is 0.135. The summed E-state index contributed by atoms with van der Waals surface area (Å²) in [4.78, 5) is 24.5. The monoisotopic (exact) mass is 648 g/mol. The molecule has 2 atom stereocenters. The Kier molecular flexibility index (Phi) is 10.8. The smallest absolute Gasteiger partial charge is 0.337 e. The second kappa shape index (κ2) is 14.3. The van der Waals surface area contributed by atoms with Crippen molar-refractivity contribution < 1.29 is 33.6 Å². The molecular weight excluding hydrogens is 619 g/mol. The molecule has 0 bridgehead atoms. The quantitative estimate of drug-likeness (QED) is 0.0689. The van der Waals surface area contributed by atoms with Gasteiger partial charge in [0.05, 0.1) is 35.1 Å². The molecule has 0 aromatic heterocycles. The Bertz CT molecular complexity index is 1310. The predicted molar refractivity (Wildman–Crippen MR) is 152 cm³/mol. The van der Waals surface area contributed by atoms with Crippen LogP contribution in [0.3, 0.4) is 0 Å². The van der Waals surface area contributed by atoms with E-state index < -0.39 is 24.3 Å². The molecule has 4 N–H and O–H groups in total. The van der Waals surface area contributed by atoms with Gasteiger partial charge in [0, 0.05) is 5.70 Å². The van der Waals surface area contributed by atoms with Gasteiger partial charge in [0.1, 0.15) is 19.0 Å². The van der Waals surface area contributed by atoms with Gasteiger partial charge in [0.15, 0.2) is 17.7 Å². The highest BCUT2D eigenvalue weighted by Crippen LogP contribution is 2.35. The molecule has 1 aliphatic heterocycles. The second-order valence-corrected chi connectivity index (χ2v) is 9.26. The molecule has 1 heterocycles. The highest BCUT2D eigenvalue weighted by Gasteiger charge is 2.32. The molecule has 12 heteroatoms. The fraction of sp³-hybridized carbons (Fsp3) is 0.296. The van der Waals surface area contributed by atoms with Crippen molar-refractivity contribution >= 4 is 40.8 Å². The number of hydrazone groups is 1. The van der Waals surface area contributed by atoms with E-state index in [2.05, 4.69) is 49.7 Å². The second-order valence-electron chi connectivity index (χ2n) is 8.10. The fourth-order valence-electron chi connectivity index (χ4n) is 3.65. The third-order valence-corrected chi connectivity index (χ3v) is 6.22. The Morgan fingerprint density at radius 2 is 2.00 bits per heavy atom. The topological polar surface area (TPSA) is 140 Å². The lowest BCUT2D eigenvalue weighted by atomic mass is 9.95. The maximum atomic E-state index is 12.4. The Balaban J connectivity index is 1.66. The summed E-state index contributed by atoms with van der Waals surface area (Å²) in [6.07, 6.45) is 5.66. The van der Waals surface area contributed by atoms with E-state index in [4.69, 9.17) is 25.4 Å². The molecule has 0 fully saturated rings. The number of amides is 2. The van der Waals surface area contributed by atoms with Crippen molar-refractivity contribution in [2.75, 3.05) is 26.9 Å².